The Balaban J connectivity index is 0. The molecule has 1 N–H and O–H groups in total. The molecule has 1 unspecified atom stereocenters. The number of aliphatic carboxylic acids is 2. The molecule has 0 heterocycles. The zero-order valence-corrected chi connectivity index (χ0v) is 19.6. The third kappa shape index (κ3) is 19.6. The summed E-state index contributed by atoms with van der Waals surface area (Å²) in [4.78, 5) is 20.9. The second-order valence-electron chi connectivity index (χ2n) is 9.52. The fraction of sp³-hybridized carbons (Fsp3) is 0.909. The number of hydrogen-bond donors (Lipinski definition) is 1. The highest BCUT2D eigenvalue weighted by atomic mass is 16.4. The van der Waals surface area contributed by atoms with Crippen LogP contribution < -0.4 is 5.11 Å². The van der Waals surface area contributed by atoms with Gasteiger partial charge in [-0.15, -0.1) is 0 Å². The molecule has 0 aromatic rings. The lowest BCUT2D eigenvalue weighted by atomic mass is 10.1. The first-order valence-electron chi connectivity index (χ1n) is 10.9. The molecule has 0 saturated heterocycles. The molecule has 0 aliphatic heterocycles. The van der Waals surface area contributed by atoms with E-state index in [1.54, 1.807) is 28.1 Å². The summed E-state index contributed by atoms with van der Waals surface area (Å²) >= 11 is 0. The molecule has 0 aliphatic carbocycles. The van der Waals surface area contributed by atoms with Gasteiger partial charge in [0.2, 0.25) is 0 Å². The lowest BCUT2D eigenvalue weighted by Crippen LogP contribution is -2.51. The van der Waals surface area contributed by atoms with Gasteiger partial charge in [-0.2, -0.15) is 0 Å². The van der Waals surface area contributed by atoms with Crippen molar-refractivity contribution in [3.05, 3.63) is 0 Å². The molecule has 1 atom stereocenters. The predicted octanol–water partition coefficient (Wildman–Crippen LogP) is 2.90. The third-order valence-corrected chi connectivity index (χ3v) is 5.10. The van der Waals surface area contributed by atoms with Gasteiger partial charge in [-0.25, -0.2) is 4.79 Å². The summed E-state index contributed by atoms with van der Waals surface area (Å²) in [6.45, 7) is 5.09. The van der Waals surface area contributed by atoms with Crippen LogP contribution in [0.15, 0.2) is 0 Å². The van der Waals surface area contributed by atoms with Crippen LogP contribution in [0.1, 0.15) is 78.1 Å². The highest BCUT2D eigenvalue weighted by Crippen LogP contribution is 2.13. The molecule has 0 rings (SSSR count). The van der Waals surface area contributed by atoms with E-state index in [9.17, 15) is 14.7 Å². The molecule has 0 amide bonds. The molecule has 0 aromatic carbocycles. The lowest BCUT2D eigenvalue weighted by molar-refractivity contribution is -0.904. The SMILES string of the molecule is CCCCCCCCCCCC[N+](C)(C)C(C)C(=O)O.C[N+](C)(C)CC(=O)[O-]. The van der Waals surface area contributed by atoms with Crippen molar-refractivity contribution in [2.24, 2.45) is 0 Å². The molecular formula is C22H47N2O4+. The maximum Gasteiger partial charge on any atom is 0.362 e. The quantitative estimate of drug-likeness (QED) is 0.337. The molecule has 0 fully saturated rings. The first kappa shape index (κ1) is 29.1. The Bertz CT molecular complexity index is 417. The van der Waals surface area contributed by atoms with Crippen molar-refractivity contribution < 1.29 is 28.8 Å². The number of carboxylic acids is 2. The van der Waals surface area contributed by atoms with Crippen LogP contribution >= 0.6 is 0 Å². The van der Waals surface area contributed by atoms with Crippen LogP contribution in [0.5, 0.6) is 0 Å². The number of likely N-dealkylation sites (N-methyl/N-ethyl adjacent to an activating group) is 2. The molecule has 0 radical (unpaired) electrons. The normalized spacial score (nSPS) is 12.8. The Morgan fingerprint density at radius 1 is 0.821 bits per heavy atom. The minimum atomic E-state index is -1.00. The number of unbranched alkanes of at least 4 members (excludes halogenated alkanes) is 9. The van der Waals surface area contributed by atoms with Crippen molar-refractivity contribution in [2.75, 3.05) is 48.3 Å². The Labute approximate surface area is 173 Å². The first-order valence-corrected chi connectivity index (χ1v) is 10.9. The maximum atomic E-state index is 11.0. The Morgan fingerprint density at radius 3 is 1.50 bits per heavy atom. The summed E-state index contributed by atoms with van der Waals surface area (Å²) < 4.78 is 1.01. The zero-order valence-electron chi connectivity index (χ0n) is 19.6. The number of nitrogens with zero attached hydrogens (tertiary/aromatic N) is 2. The Kier molecular flexibility index (Phi) is 16.3. The van der Waals surface area contributed by atoms with E-state index < -0.39 is 11.9 Å². The van der Waals surface area contributed by atoms with Crippen molar-refractivity contribution in [3.8, 4) is 0 Å². The van der Waals surface area contributed by atoms with E-state index in [1.807, 2.05) is 14.1 Å². The number of carboxylic acid groups (broad SMARTS) is 2. The molecule has 28 heavy (non-hydrogen) atoms. The number of hydrogen-bond acceptors (Lipinski definition) is 3. The van der Waals surface area contributed by atoms with Crippen LogP contribution in [-0.2, 0) is 9.59 Å². The largest absolute Gasteiger partial charge is 0.544 e. The van der Waals surface area contributed by atoms with Crippen molar-refractivity contribution in [3.63, 3.8) is 0 Å². The Morgan fingerprint density at radius 2 is 1.21 bits per heavy atom. The van der Waals surface area contributed by atoms with Crippen LogP contribution in [0, 0.1) is 0 Å². The van der Waals surface area contributed by atoms with E-state index in [4.69, 9.17) is 5.11 Å². The average molecular weight is 404 g/mol. The number of carbonyl (C=O) groups is 2. The van der Waals surface area contributed by atoms with Crippen molar-refractivity contribution in [1.82, 2.24) is 0 Å². The number of rotatable bonds is 15. The van der Waals surface area contributed by atoms with E-state index in [0.29, 0.717) is 8.97 Å². The first-order chi connectivity index (χ1) is 12.8. The van der Waals surface area contributed by atoms with Gasteiger partial charge in [0, 0.05) is 0 Å². The van der Waals surface area contributed by atoms with Gasteiger partial charge in [-0.05, 0) is 19.8 Å². The van der Waals surface area contributed by atoms with Gasteiger partial charge in [0.15, 0.2) is 6.04 Å². The minimum absolute atomic E-state index is 0.0694. The van der Waals surface area contributed by atoms with Gasteiger partial charge in [-0.3, -0.25) is 0 Å². The zero-order chi connectivity index (χ0) is 22.2. The monoisotopic (exact) mass is 403 g/mol. The van der Waals surface area contributed by atoms with Crippen LogP contribution in [0.25, 0.3) is 0 Å². The topological polar surface area (TPSA) is 77.4 Å². The second-order valence-corrected chi connectivity index (χ2v) is 9.52. The fourth-order valence-electron chi connectivity index (χ4n) is 2.89. The molecule has 0 aliphatic rings. The van der Waals surface area contributed by atoms with E-state index in [-0.39, 0.29) is 12.6 Å². The third-order valence-electron chi connectivity index (χ3n) is 5.10. The molecule has 168 valence electrons. The van der Waals surface area contributed by atoms with Crippen molar-refractivity contribution in [1.29, 1.82) is 0 Å². The van der Waals surface area contributed by atoms with Crippen molar-refractivity contribution in [2.45, 2.75) is 84.1 Å². The molecule has 0 aromatic heterocycles. The molecule has 6 heteroatoms. The molecule has 0 spiro atoms. The van der Waals surface area contributed by atoms with Crippen LogP contribution in [0.4, 0.5) is 0 Å². The van der Waals surface area contributed by atoms with Gasteiger partial charge in [0.25, 0.3) is 0 Å². The number of carbonyl (C=O) groups excluding carboxylic acids is 1. The maximum absolute atomic E-state index is 11.0. The lowest BCUT2D eigenvalue weighted by Gasteiger charge is -2.33. The van der Waals surface area contributed by atoms with E-state index in [2.05, 4.69) is 6.92 Å². The summed E-state index contributed by atoms with van der Waals surface area (Å²) in [7, 11) is 9.44. The molecule has 0 bridgehead atoms. The van der Waals surface area contributed by atoms with Crippen LogP contribution in [0.2, 0.25) is 0 Å². The highest BCUT2D eigenvalue weighted by molar-refractivity contribution is 5.71. The second kappa shape index (κ2) is 15.7. The molecule has 6 nitrogen and oxygen atoms in total. The summed E-state index contributed by atoms with van der Waals surface area (Å²) in [6, 6.07) is -0.312. The van der Waals surface area contributed by atoms with E-state index >= 15 is 0 Å². The van der Waals surface area contributed by atoms with Crippen molar-refractivity contribution >= 4 is 11.9 Å². The van der Waals surface area contributed by atoms with Gasteiger partial charge in [0.05, 0.1) is 47.8 Å². The summed E-state index contributed by atoms with van der Waals surface area (Å²) in [5.74, 6) is -1.69. The average Bonchev–Trinajstić information content (AvgIpc) is 2.54. The summed E-state index contributed by atoms with van der Waals surface area (Å²) in [6.07, 6.45) is 13.3. The number of quaternary nitrogens is 2. The van der Waals surface area contributed by atoms with E-state index in [1.165, 1.54) is 57.8 Å². The highest BCUT2D eigenvalue weighted by Gasteiger charge is 2.29. The van der Waals surface area contributed by atoms with Gasteiger partial charge >= 0.3 is 5.97 Å². The predicted molar refractivity (Wildman–Crippen MR) is 114 cm³/mol. The van der Waals surface area contributed by atoms with Gasteiger partial charge < -0.3 is 24.0 Å². The van der Waals surface area contributed by atoms with Crippen LogP contribution in [0.3, 0.4) is 0 Å². The molecule has 0 saturated carbocycles. The minimum Gasteiger partial charge on any atom is -0.544 e. The molecular weight excluding hydrogens is 356 g/mol. The fourth-order valence-corrected chi connectivity index (χ4v) is 2.89. The Hall–Kier alpha value is -1.14. The standard InChI is InChI=1S/C17H35NO2.C5H11NO2/c1-5-6-7-8-9-10-11-12-13-14-15-18(3,4)16(2)17(19)20;1-6(2,3)4-5(7)8/h16H,5-15H2,1-4H3;4H2,1-3H3/p+1. The van der Waals surface area contributed by atoms with Gasteiger partial charge in [-0.1, -0.05) is 58.3 Å². The van der Waals surface area contributed by atoms with Gasteiger partial charge in [0.1, 0.15) is 6.54 Å². The summed E-state index contributed by atoms with van der Waals surface area (Å²) in [5.41, 5.74) is 0. The van der Waals surface area contributed by atoms with Crippen LogP contribution in [-0.4, -0.2) is 80.4 Å². The summed E-state index contributed by atoms with van der Waals surface area (Å²) in [5, 5.41) is 19.0. The van der Waals surface area contributed by atoms with E-state index in [0.717, 1.165) is 13.0 Å². The smallest absolute Gasteiger partial charge is 0.362 e.